The Labute approximate surface area is 146 Å². The normalized spacial score (nSPS) is 32.3. The number of hydrogen-bond donors (Lipinski definition) is 3. The minimum absolute atomic E-state index is 0.0627. The Balaban J connectivity index is 1.43. The lowest BCUT2D eigenvalue weighted by Crippen LogP contribution is -2.60. The number of amides is 2. The third-order valence-electron chi connectivity index (χ3n) is 6.08. The third kappa shape index (κ3) is 3.05. The molecule has 1 aromatic rings. The number of hydrogen-bond acceptors (Lipinski definition) is 4. The maximum atomic E-state index is 12.5. The third-order valence-corrected chi connectivity index (χ3v) is 6.08. The number of anilines is 1. The molecular formula is C19H24N2O4. The number of carbonyl (C=O) groups excluding carboxylic acids is 2. The highest BCUT2D eigenvalue weighted by Gasteiger charge is 2.51. The first kappa shape index (κ1) is 16.2. The van der Waals surface area contributed by atoms with Gasteiger partial charge in [-0.05, 0) is 68.4 Å². The molecule has 4 aliphatic rings. The molecule has 0 aliphatic heterocycles. The fraction of sp³-hybridized carbons (Fsp3) is 0.579. The largest absolute Gasteiger partial charge is 0.507 e. The van der Waals surface area contributed by atoms with Gasteiger partial charge < -0.3 is 20.5 Å². The van der Waals surface area contributed by atoms with Crippen LogP contribution in [0.2, 0.25) is 0 Å². The quantitative estimate of drug-likeness (QED) is 0.734. The summed E-state index contributed by atoms with van der Waals surface area (Å²) in [7, 11) is 1.26. The van der Waals surface area contributed by atoms with Gasteiger partial charge in [-0.1, -0.05) is 0 Å². The second kappa shape index (κ2) is 5.93. The molecule has 0 radical (unpaired) electrons. The van der Waals surface area contributed by atoms with Crippen molar-refractivity contribution in [2.75, 3.05) is 12.4 Å². The maximum absolute atomic E-state index is 12.5. The van der Waals surface area contributed by atoms with Crippen molar-refractivity contribution in [3.8, 4) is 5.75 Å². The van der Waals surface area contributed by atoms with E-state index in [1.807, 2.05) is 0 Å². The lowest BCUT2D eigenvalue weighted by atomic mass is 9.53. The van der Waals surface area contributed by atoms with Crippen molar-refractivity contribution >= 4 is 17.7 Å². The minimum atomic E-state index is -0.609. The molecule has 0 heterocycles. The number of phenols is 1. The molecule has 0 spiro atoms. The van der Waals surface area contributed by atoms with Gasteiger partial charge in [0.2, 0.25) is 0 Å². The Morgan fingerprint density at radius 3 is 2.24 bits per heavy atom. The van der Waals surface area contributed by atoms with Gasteiger partial charge in [-0.2, -0.15) is 0 Å². The summed E-state index contributed by atoms with van der Waals surface area (Å²) in [6.45, 7) is 0. The van der Waals surface area contributed by atoms with E-state index in [-0.39, 0.29) is 22.9 Å². The van der Waals surface area contributed by atoms with Gasteiger partial charge in [0.1, 0.15) is 11.3 Å². The lowest BCUT2D eigenvalue weighted by molar-refractivity contribution is -0.0127. The predicted molar refractivity (Wildman–Crippen MR) is 92.5 cm³/mol. The second-order valence-electron chi connectivity index (χ2n) is 8.00. The van der Waals surface area contributed by atoms with Crippen LogP contribution in [0.3, 0.4) is 0 Å². The van der Waals surface area contributed by atoms with Crippen molar-refractivity contribution in [2.24, 2.45) is 17.8 Å². The highest BCUT2D eigenvalue weighted by Crippen LogP contribution is 2.55. The Kier molecular flexibility index (Phi) is 3.85. The predicted octanol–water partition coefficient (Wildman–Crippen LogP) is 3.27. The van der Waals surface area contributed by atoms with E-state index in [1.54, 1.807) is 6.07 Å². The molecule has 134 valence electrons. The topological polar surface area (TPSA) is 87.7 Å². The number of phenolic OH excluding ortho intramolecular Hbond substituents is 1. The SMILES string of the molecule is COC(=O)c1ccc(NC(=O)NC23CC4CC(CC(C4)C2)C3)cc1O. The number of nitrogens with one attached hydrogen (secondary N) is 2. The molecule has 6 heteroatoms. The number of methoxy groups -OCH3 is 1. The van der Waals surface area contributed by atoms with Crippen molar-refractivity contribution in [1.29, 1.82) is 0 Å². The van der Waals surface area contributed by atoms with Crippen LogP contribution in [0.15, 0.2) is 18.2 Å². The first-order chi connectivity index (χ1) is 12.0. The lowest BCUT2D eigenvalue weighted by Gasteiger charge is -2.56. The summed E-state index contributed by atoms with van der Waals surface area (Å²) < 4.78 is 4.60. The summed E-state index contributed by atoms with van der Waals surface area (Å²) in [6, 6.07) is 4.16. The van der Waals surface area contributed by atoms with E-state index < -0.39 is 5.97 Å². The zero-order valence-corrected chi connectivity index (χ0v) is 14.4. The van der Waals surface area contributed by atoms with Crippen LogP contribution in [-0.2, 0) is 4.74 Å². The Morgan fingerprint density at radius 1 is 1.12 bits per heavy atom. The van der Waals surface area contributed by atoms with Gasteiger partial charge in [-0.15, -0.1) is 0 Å². The van der Waals surface area contributed by atoms with Crippen LogP contribution in [-0.4, -0.2) is 29.8 Å². The molecule has 0 atom stereocenters. The number of rotatable bonds is 3. The standard InChI is InChI=1S/C19H24N2O4/c1-25-17(23)15-3-2-14(7-16(15)22)20-18(24)21-19-8-11-4-12(9-19)6-13(5-11)10-19/h2-3,7,11-13,22H,4-6,8-10H2,1H3,(H2,20,21,24). The molecule has 4 fully saturated rings. The summed E-state index contributed by atoms with van der Waals surface area (Å²) in [5.41, 5.74) is 0.467. The summed E-state index contributed by atoms with van der Waals surface area (Å²) in [5, 5.41) is 15.9. The monoisotopic (exact) mass is 344 g/mol. The highest BCUT2D eigenvalue weighted by atomic mass is 16.5. The fourth-order valence-electron chi connectivity index (χ4n) is 5.56. The molecule has 25 heavy (non-hydrogen) atoms. The van der Waals surface area contributed by atoms with Gasteiger partial charge in [0, 0.05) is 17.3 Å². The molecule has 5 rings (SSSR count). The molecule has 4 saturated carbocycles. The number of urea groups is 1. The van der Waals surface area contributed by atoms with Crippen LogP contribution in [0.4, 0.5) is 10.5 Å². The number of benzene rings is 1. The van der Waals surface area contributed by atoms with E-state index in [0.717, 1.165) is 37.0 Å². The van der Waals surface area contributed by atoms with Gasteiger partial charge in [-0.25, -0.2) is 9.59 Å². The van der Waals surface area contributed by atoms with Gasteiger partial charge in [0.05, 0.1) is 7.11 Å². The molecule has 0 aromatic heterocycles. The number of aromatic hydroxyl groups is 1. The smallest absolute Gasteiger partial charge is 0.341 e. The van der Waals surface area contributed by atoms with Crippen LogP contribution >= 0.6 is 0 Å². The van der Waals surface area contributed by atoms with Gasteiger partial charge in [-0.3, -0.25) is 0 Å². The molecular weight excluding hydrogens is 320 g/mol. The van der Waals surface area contributed by atoms with Gasteiger partial charge in [0.15, 0.2) is 0 Å². The van der Waals surface area contributed by atoms with E-state index in [2.05, 4.69) is 15.4 Å². The molecule has 6 nitrogen and oxygen atoms in total. The van der Waals surface area contributed by atoms with Crippen molar-refractivity contribution in [3.05, 3.63) is 23.8 Å². The summed E-state index contributed by atoms with van der Waals surface area (Å²) >= 11 is 0. The van der Waals surface area contributed by atoms with E-state index >= 15 is 0 Å². The molecule has 2 amide bonds. The summed E-state index contributed by atoms with van der Waals surface area (Å²) in [5.74, 6) is 1.46. The number of esters is 1. The molecule has 4 bridgehead atoms. The first-order valence-electron chi connectivity index (χ1n) is 8.97. The number of carbonyl (C=O) groups is 2. The van der Waals surface area contributed by atoms with E-state index in [4.69, 9.17) is 0 Å². The van der Waals surface area contributed by atoms with Crippen LogP contribution in [0.5, 0.6) is 5.75 Å². The number of ether oxygens (including phenoxy) is 1. The average Bonchev–Trinajstić information content (AvgIpc) is 2.52. The van der Waals surface area contributed by atoms with Crippen molar-refractivity contribution < 1.29 is 19.4 Å². The van der Waals surface area contributed by atoms with Crippen molar-refractivity contribution in [2.45, 2.75) is 44.1 Å². The average molecular weight is 344 g/mol. The Bertz CT molecular complexity index is 680. The van der Waals surface area contributed by atoms with Crippen molar-refractivity contribution in [1.82, 2.24) is 5.32 Å². The Hall–Kier alpha value is -2.24. The minimum Gasteiger partial charge on any atom is -0.507 e. The van der Waals surface area contributed by atoms with Gasteiger partial charge >= 0.3 is 12.0 Å². The van der Waals surface area contributed by atoms with E-state index in [1.165, 1.54) is 38.5 Å². The van der Waals surface area contributed by atoms with Crippen molar-refractivity contribution in [3.63, 3.8) is 0 Å². The van der Waals surface area contributed by atoms with Crippen LogP contribution in [0, 0.1) is 17.8 Å². The molecule has 0 unspecified atom stereocenters. The second-order valence-corrected chi connectivity index (χ2v) is 8.00. The molecule has 0 saturated heterocycles. The van der Waals surface area contributed by atoms with Crippen LogP contribution < -0.4 is 10.6 Å². The van der Waals surface area contributed by atoms with E-state index in [9.17, 15) is 14.7 Å². The summed E-state index contributed by atoms with van der Waals surface area (Å²) in [6.07, 6.45) is 7.22. The molecule has 1 aromatic carbocycles. The highest BCUT2D eigenvalue weighted by molar-refractivity contribution is 5.95. The Morgan fingerprint density at radius 2 is 1.72 bits per heavy atom. The first-order valence-corrected chi connectivity index (χ1v) is 8.97. The van der Waals surface area contributed by atoms with Crippen LogP contribution in [0.25, 0.3) is 0 Å². The van der Waals surface area contributed by atoms with Gasteiger partial charge in [0.25, 0.3) is 0 Å². The summed E-state index contributed by atoms with van der Waals surface area (Å²) in [4.78, 5) is 24.0. The zero-order chi connectivity index (χ0) is 17.6. The molecule has 4 aliphatic carbocycles. The maximum Gasteiger partial charge on any atom is 0.341 e. The van der Waals surface area contributed by atoms with E-state index in [0.29, 0.717) is 5.69 Å². The fourth-order valence-corrected chi connectivity index (χ4v) is 5.56. The van der Waals surface area contributed by atoms with Crippen LogP contribution in [0.1, 0.15) is 48.9 Å². The molecule has 3 N–H and O–H groups in total. The zero-order valence-electron chi connectivity index (χ0n) is 14.4.